The lowest BCUT2D eigenvalue weighted by Gasteiger charge is -2.34. The summed E-state index contributed by atoms with van der Waals surface area (Å²) in [5.74, 6) is 0. The Labute approximate surface area is 91.0 Å². The maximum Gasteiger partial charge on any atom is 0.410 e. The number of ether oxygens (including phenoxy) is 1. The topological polar surface area (TPSA) is 41.6 Å². The highest BCUT2D eigenvalue weighted by molar-refractivity contribution is 5.68. The number of nitrogens with zero attached hydrogens (tertiary/aromatic N) is 1. The van der Waals surface area contributed by atoms with E-state index in [-0.39, 0.29) is 11.7 Å². The molecular weight excluding hydrogens is 192 g/mol. The third kappa shape index (κ3) is 2.62. The van der Waals surface area contributed by atoms with Gasteiger partial charge in [0, 0.05) is 25.2 Å². The van der Waals surface area contributed by atoms with Crippen LogP contribution in [0.1, 0.15) is 33.6 Å². The molecule has 1 N–H and O–H groups in total. The molecule has 86 valence electrons. The fourth-order valence-corrected chi connectivity index (χ4v) is 2.27. The molecular formula is C11H20N2O2. The lowest BCUT2D eigenvalue weighted by atomic mass is 10.2. The van der Waals surface area contributed by atoms with Crippen LogP contribution in [0.2, 0.25) is 0 Å². The number of amides is 1. The first kappa shape index (κ1) is 10.7. The van der Waals surface area contributed by atoms with Crippen molar-refractivity contribution in [3.63, 3.8) is 0 Å². The maximum atomic E-state index is 11.8. The van der Waals surface area contributed by atoms with Crippen LogP contribution in [0.3, 0.4) is 0 Å². The first-order valence-corrected chi connectivity index (χ1v) is 5.68. The van der Waals surface area contributed by atoms with E-state index in [9.17, 15) is 4.79 Å². The van der Waals surface area contributed by atoms with Crippen molar-refractivity contribution in [2.45, 2.75) is 51.3 Å². The molecule has 0 saturated carbocycles. The summed E-state index contributed by atoms with van der Waals surface area (Å²) in [5.41, 5.74) is -0.388. The standard InChI is InChI=1S/C11H20N2O2/c1-11(2,3)15-10(14)13-6-8-4-5-9(7-13)12-8/h8-9,12H,4-7H2,1-3H3/t8-,9-/m1/s1. The van der Waals surface area contributed by atoms with Crippen molar-refractivity contribution in [3.05, 3.63) is 0 Å². The first-order valence-electron chi connectivity index (χ1n) is 5.68. The van der Waals surface area contributed by atoms with E-state index in [1.165, 1.54) is 12.8 Å². The summed E-state index contributed by atoms with van der Waals surface area (Å²) < 4.78 is 5.36. The van der Waals surface area contributed by atoms with E-state index in [1.54, 1.807) is 0 Å². The molecule has 2 rings (SSSR count). The van der Waals surface area contributed by atoms with Crippen molar-refractivity contribution in [1.29, 1.82) is 0 Å². The smallest absolute Gasteiger partial charge is 0.410 e. The van der Waals surface area contributed by atoms with E-state index >= 15 is 0 Å². The highest BCUT2D eigenvalue weighted by atomic mass is 16.6. The van der Waals surface area contributed by atoms with E-state index in [0.29, 0.717) is 12.1 Å². The molecule has 2 atom stereocenters. The van der Waals surface area contributed by atoms with Gasteiger partial charge in [0.15, 0.2) is 0 Å². The Bertz CT molecular complexity index is 248. The van der Waals surface area contributed by atoms with Gasteiger partial charge < -0.3 is 15.0 Å². The summed E-state index contributed by atoms with van der Waals surface area (Å²) in [6, 6.07) is 0.965. The average molecular weight is 212 g/mol. The van der Waals surface area contributed by atoms with Crippen molar-refractivity contribution < 1.29 is 9.53 Å². The normalized spacial score (nSPS) is 30.5. The van der Waals surface area contributed by atoms with Gasteiger partial charge in [-0.25, -0.2) is 4.79 Å². The van der Waals surface area contributed by atoms with Crippen LogP contribution in [0.4, 0.5) is 4.79 Å². The zero-order valence-corrected chi connectivity index (χ0v) is 9.75. The summed E-state index contributed by atoms with van der Waals surface area (Å²) in [5, 5.41) is 3.49. The van der Waals surface area contributed by atoms with Gasteiger partial charge in [-0.1, -0.05) is 0 Å². The minimum Gasteiger partial charge on any atom is -0.444 e. The number of hydrogen-bond donors (Lipinski definition) is 1. The molecule has 2 heterocycles. The van der Waals surface area contributed by atoms with Crippen LogP contribution in [0.15, 0.2) is 0 Å². The lowest BCUT2D eigenvalue weighted by Crippen LogP contribution is -2.53. The second-order valence-corrected chi connectivity index (χ2v) is 5.52. The van der Waals surface area contributed by atoms with E-state index in [4.69, 9.17) is 4.74 Å². The molecule has 2 aliphatic rings. The van der Waals surface area contributed by atoms with Crippen LogP contribution in [0.5, 0.6) is 0 Å². The van der Waals surface area contributed by atoms with Gasteiger partial charge in [-0.15, -0.1) is 0 Å². The molecule has 0 aromatic rings. The molecule has 1 amide bonds. The quantitative estimate of drug-likeness (QED) is 0.659. The molecule has 0 aliphatic carbocycles. The highest BCUT2D eigenvalue weighted by Crippen LogP contribution is 2.21. The number of piperazine rings is 1. The SMILES string of the molecule is CC(C)(C)OC(=O)N1C[C@H]2CC[C@H](C1)N2. The molecule has 0 aromatic heterocycles. The molecule has 0 radical (unpaired) electrons. The molecule has 2 bridgehead atoms. The van der Waals surface area contributed by atoms with E-state index in [2.05, 4.69) is 5.32 Å². The Balaban J connectivity index is 1.91. The second kappa shape index (κ2) is 3.67. The van der Waals surface area contributed by atoms with E-state index in [0.717, 1.165) is 13.1 Å². The Morgan fingerprint density at radius 3 is 2.27 bits per heavy atom. The number of hydrogen-bond acceptors (Lipinski definition) is 3. The predicted octanol–water partition coefficient (Wildman–Crippen LogP) is 1.36. The molecule has 2 saturated heterocycles. The molecule has 15 heavy (non-hydrogen) atoms. The van der Waals surface area contributed by atoms with Crippen LogP contribution in [-0.2, 0) is 4.74 Å². The van der Waals surface area contributed by atoms with Gasteiger partial charge in [-0.2, -0.15) is 0 Å². The molecule has 2 fully saturated rings. The Hall–Kier alpha value is -0.770. The predicted molar refractivity (Wildman–Crippen MR) is 57.8 cm³/mol. The number of likely N-dealkylation sites (tertiary alicyclic amines) is 1. The van der Waals surface area contributed by atoms with Gasteiger partial charge in [0.1, 0.15) is 5.60 Å². The van der Waals surface area contributed by atoms with Crippen LogP contribution < -0.4 is 5.32 Å². The lowest BCUT2D eigenvalue weighted by molar-refractivity contribution is 0.0189. The van der Waals surface area contributed by atoms with Crippen molar-refractivity contribution >= 4 is 6.09 Å². The van der Waals surface area contributed by atoms with Gasteiger partial charge in [0.2, 0.25) is 0 Å². The summed E-state index contributed by atoms with van der Waals surface area (Å²) >= 11 is 0. The van der Waals surface area contributed by atoms with Gasteiger partial charge >= 0.3 is 6.09 Å². The molecule has 4 heteroatoms. The maximum absolute atomic E-state index is 11.8. The average Bonchev–Trinajstić information content (AvgIpc) is 2.42. The Morgan fingerprint density at radius 1 is 1.27 bits per heavy atom. The molecule has 2 aliphatic heterocycles. The van der Waals surface area contributed by atoms with Crippen molar-refractivity contribution in [2.75, 3.05) is 13.1 Å². The van der Waals surface area contributed by atoms with Crippen LogP contribution in [0.25, 0.3) is 0 Å². The van der Waals surface area contributed by atoms with E-state index < -0.39 is 0 Å². The van der Waals surface area contributed by atoms with Gasteiger partial charge in [-0.3, -0.25) is 0 Å². The van der Waals surface area contributed by atoms with Crippen LogP contribution in [-0.4, -0.2) is 41.8 Å². The Kier molecular flexibility index (Phi) is 2.63. The number of carbonyl (C=O) groups excluding carboxylic acids is 1. The largest absolute Gasteiger partial charge is 0.444 e. The number of carbonyl (C=O) groups is 1. The minimum absolute atomic E-state index is 0.166. The first-order chi connectivity index (χ1) is 6.94. The number of rotatable bonds is 0. The van der Waals surface area contributed by atoms with Crippen LogP contribution >= 0.6 is 0 Å². The minimum atomic E-state index is -0.388. The summed E-state index contributed by atoms with van der Waals surface area (Å²) in [6.07, 6.45) is 2.20. The van der Waals surface area contributed by atoms with Crippen LogP contribution in [0, 0.1) is 0 Å². The summed E-state index contributed by atoms with van der Waals surface area (Å²) in [4.78, 5) is 13.6. The fourth-order valence-electron chi connectivity index (χ4n) is 2.27. The second-order valence-electron chi connectivity index (χ2n) is 5.52. The number of nitrogens with one attached hydrogen (secondary N) is 1. The zero-order chi connectivity index (χ0) is 11.1. The van der Waals surface area contributed by atoms with Gasteiger partial charge in [0.25, 0.3) is 0 Å². The zero-order valence-electron chi connectivity index (χ0n) is 9.75. The summed E-state index contributed by atoms with van der Waals surface area (Å²) in [6.45, 7) is 7.31. The van der Waals surface area contributed by atoms with E-state index in [1.807, 2.05) is 25.7 Å². The van der Waals surface area contributed by atoms with Gasteiger partial charge in [0.05, 0.1) is 0 Å². The third-order valence-corrected chi connectivity index (χ3v) is 2.87. The van der Waals surface area contributed by atoms with Crippen molar-refractivity contribution in [3.8, 4) is 0 Å². The molecule has 0 spiro atoms. The van der Waals surface area contributed by atoms with Crippen molar-refractivity contribution in [1.82, 2.24) is 10.2 Å². The Morgan fingerprint density at radius 2 is 1.80 bits per heavy atom. The molecule has 4 nitrogen and oxygen atoms in total. The fraction of sp³-hybridized carbons (Fsp3) is 0.909. The summed E-state index contributed by atoms with van der Waals surface area (Å²) in [7, 11) is 0. The monoisotopic (exact) mass is 212 g/mol. The number of fused-ring (bicyclic) bond motifs is 2. The highest BCUT2D eigenvalue weighted by Gasteiger charge is 2.35. The molecule has 0 aromatic carbocycles. The molecule has 0 unspecified atom stereocenters. The van der Waals surface area contributed by atoms with Gasteiger partial charge in [-0.05, 0) is 33.6 Å². The van der Waals surface area contributed by atoms with Crippen molar-refractivity contribution in [2.24, 2.45) is 0 Å². The third-order valence-electron chi connectivity index (χ3n) is 2.87.